The molecule has 2 atom stereocenters. The summed E-state index contributed by atoms with van der Waals surface area (Å²) in [7, 11) is 0. The number of benzene rings is 2. The lowest BCUT2D eigenvalue weighted by molar-refractivity contribution is 0.105. The second-order valence-corrected chi connectivity index (χ2v) is 11.1. The van der Waals surface area contributed by atoms with Crippen LogP contribution < -0.4 is 11.1 Å². The first-order valence-electron chi connectivity index (χ1n) is 13.0. The third-order valence-corrected chi connectivity index (χ3v) is 6.69. The van der Waals surface area contributed by atoms with Gasteiger partial charge < -0.3 is 20.5 Å². The van der Waals surface area contributed by atoms with Gasteiger partial charge >= 0.3 is 6.03 Å². The zero-order chi connectivity index (χ0) is 27.4. The fraction of sp³-hybridized carbons (Fsp3) is 0.448. The maximum absolute atomic E-state index is 14.8. The third-order valence-electron chi connectivity index (χ3n) is 6.69. The number of nitrogens with one attached hydrogen (secondary N) is 1. The topological polar surface area (TPSA) is 76.2 Å². The molecule has 38 heavy (non-hydrogen) atoms. The van der Waals surface area contributed by atoms with E-state index in [1.54, 1.807) is 11.1 Å². The number of nitrogens with two attached hydrogens (primary N) is 1. The number of carbonyl (C=O) groups excluding carboxylic acids is 1. The van der Waals surface area contributed by atoms with Gasteiger partial charge in [-0.3, -0.25) is 0 Å². The molecule has 2 amide bonds. The molecule has 3 N–H and O–H groups in total. The second kappa shape index (κ2) is 11.6. The van der Waals surface area contributed by atoms with Gasteiger partial charge in [-0.05, 0) is 48.4 Å². The number of nitrogens with zero attached hydrogens (tertiary/aromatic N) is 3. The zero-order valence-corrected chi connectivity index (χ0v) is 22.1. The summed E-state index contributed by atoms with van der Waals surface area (Å²) in [6.45, 7) is 5.92. The molecule has 1 saturated carbocycles. The molecule has 0 radical (unpaired) electrons. The monoisotopic (exact) mass is 527 g/mol. The highest BCUT2D eigenvalue weighted by atomic mass is 19.1. The molecular formula is C29H36F3N5O. The number of amides is 2. The van der Waals surface area contributed by atoms with Gasteiger partial charge in [0.1, 0.15) is 24.1 Å². The van der Waals surface area contributed by atoms with Gasteiger partial charge in [0.2, 0.25) is 0 Å². The van der Waals surface area contributed by atoms with Gasteiger partial charge in [-0.15, -0.1) is 0 Å². The van der Waals surface area contributed by atoms with Gasteiger partial charge in [0.25, 0.3) is 0 Å². The van der Waals surface area contributed by atoms with Crippen LogP contribution in [0.5, 0.6) is 0 Å². The van der Waals surface area contributed by atoms with Crippen LogP contribution in [0.1, 0.15) is 57.5 Å². The summed E-state index contributed by atoms with van der Waals surface area (Å²) in [6, 6.07) is 11.5. The Kier molecular flexibility index (Phi) is 8.45. The van der Waals surface area contributed by atoms with E-state index in [4.69, 9.17) is 10.7 Å². The Morgan fingerprint density at radius 1 is 1.18 bits per heavy atom. The van der Waals surface area contributed by atoms with Crippen LogP contribution in [-0.2, 0) is 6.54 Å². The van der Waals surface area contributed by atoms with Gasteiger partial charge in [-0.25, -0.2) is 22.9 Å². The normalized spacial score (nSPS) is 15.2. The quantitative estimate of drug-likeness (QED) is 0.349. The highest BCUT2D eigenvalue weighted by Crippen LogP contribution is 2.40. The van der Waals surface area contributed by atoms with Crippen LogP contribution in [0.2, 0.25) is 0 Å². The van der Waals surface area contributed by atoms with E-state index in [1.165, 1.54) is 0 Å². The molecular weight excluding hydrogens is 491 g/mol. The molecule has 3 aromatic rings. The van der Waals surface area contributed by atoms with Crippen LogP contribution in [0.4, 0.5) is 18.0 Å². The molecule has 1 heterocycles. The molecule has 0 bridgehead atoms. The van der Waals surface area contributed by atoms with Crippen molar-refractivity contribution in [1.82, 2.24) is 19.8 Å². The Morgan fingerprint density at radius 3 is 2.53 bits per heavy atom. The molecule has 1 aromatic heterocycles. The Balaban J connectivity index is 1.83. The second-order valence-electron chi connectivity index (χ2n) is 11.1. The van der Waals surface area contributed by atoms with Gasteiger partial charge in [0.05, 0.1) is 11.7 Å². The van der Waals surface area contributed by atoms with Gasteiger partial charge in [0, 0.05) is 36.9 Å². The number of rotatable bonds is 10. The van der Waals surface area contributed by atoms with Crippen molar-refractivity contribution < 1.29 is 18.0 Å². The van der Waals surface area contributed by atoms with E-state index in [9.17, 15) is 18.0 Å². The van der Waals surface area contributed by atoms with Crippen molar-refractivity contribution in [2.45, 2.75) is 64.7 Å². The van der Waals surface area contributed by atoms with Gasteiger partial charge in [-0.2, -0.15) is 0 Å². The van der Waals surface area contributed by atoms with Crippen LogP contribution in [-0.4, -0.2) is 45.8 Å². The van der Waals surface area contributed by atoms with E-state index in [1.807, 2.05) is 55.7 Å². The predicted octanol–water partition coefficient (Wildman–Crippen LogP) is 5.82. The molecule has 1 fully saturated rings. The van der Waals surface area contributed by atoms with Crippen LogP contribution in [0.3, 0.4) is 0 Å². The average molecular weight is 528 g/mol. The minimum Gasteiger partial charge on any atom is -0.335 e. The van der Waals surface area contributed by atoms with Crippen LogP contribution in [0, 0.1) is 17.0 Å². The number of alkyl halides is 1. The molecule has 4 rings (SSSR count). The van der Waals surface area contributed by atoms with E-state index >= 15 is 0 Å². The number of hydrogen-bond donors (Lipinski definition) is 2. The lowest BCUT2D eigenvalue weighted by Gasteiger charge is -2.40. The van der Waals surface area contributed by atoms with E-state index < -0.39 is 35.8 Å². The Labute approximate surface area is 222 Å². The first-order chi connectivity index (χ1) is 18.1. The Bertz CT molecular complexity index is 1240. The number of halogens is 3. The fourth-order valence-electron chi connectivity index (χ4n) is 4.59. The fourth-order valence-corrected chi connectivity index (χ4v) is 4.59. The summed E-state index contributed by atoms with van der Waals surface area (Å²) in [5.41, 5.74) is 6.67. The standard InChI is InChI=1S/C29H36F3N5O/c1-29(2,3)26(37(14-13-21(33)16-30)28(38)34-22-10-11-22)27-35-25(23-15-20(31)9-12-24(23)32)18-36(27)17-19-7-5-4-6-8-19/h4-9,12,15,18,21-22,26H,10-11,13-14,16-17,33H2,1-3H3,(H,34,38)/t21?,26-/m0/s1. The largest absolute Gasteiger partial charge is 0.335 e. The van der Waals surface area contributed by atoms with Crippen LogP contribution in [0.15, 0.2) is 54.7 Å². The highest BCUT2D eigenvalue weighted by Gasteiger charge is 2.40. The van der Waals surface area contributed by atoms with E-state index in [0.29, 0.717) is 12.4 Å². The van der Waals surface area contributed by atoms with Crippen molar-refractivity contribution in [1.29, 1.82) is 0 Å². The summed E-state index contributed by atoms with van der Waals surface area (Å²) in [5.74, 6) is -0.634. The molecule has 9 heteroatoms. The smallest absolute Gasteiger partial charge is 0.318 e. The van der Waals surface area contributed by atoms with E-state index in [0.717, 1.165) is 36.6 Å². The number of aromatic nitrogens is 2. The number of carbonyl (C=O) groups is 1. The number of hydrogen-bond acceptors (Lipinski definition) is 3. The number of urea groups is 1. The lowest BCUT2D eigenvalue weighted by Crippen LogP contribution is -2.49. The maximum Gasteiger partial charge on any atom is 0.318 e. The highest BCUT2D eigenvalue weighted by molar-refractivity contribution is 5.75. The van der Waals surface area contributed by atoms with Crippen LogP contribution in [0.25, 0.3) is 11.3 Å². The molecule has 1 aliphatic rings. The molecule has 204 valence electrons. The van der Waals surface area contributed by atoms with E-state index in [2.05, 4.69) is 5.32 Å². The van der Waals surface area contributed by atoms with Crippen molar-refractivity contribution in [3.63, 3.8) is 0 Å². The zero-order valence-electron chi connectivity index (χ0n) is 22.1. The summed E-state index contributed by atoms with van der Waals surface area (Å²) in [6.07, 6.45) is 3.79. The van der Waals surface area contributed by atoms with Gasteiger partial charge in [-0.1, -0.05) is 51.1 Å². The van der Waals surface area contributed by atoms with Crippen molar-refractivity contribution in [3.05, 3.63) is 77.8 Å². The van der Waals surface area contributed by atoms with Crippen molar-refractivity contribution in [3.8, 4) is 11.3 Å². The molecule has 1 aliphatic carbocycles. The Hall–Kier alpha value is -3.33. The van der Waals surface area contributed by atoms with Crippen molar-refractivity contribution >= 4 is 6.03 Å². The van der Waals surface area contributed by atoms with Crippen molar-refractivity contribution in [2.24, 2.45) is 11.1 Å². The molecule has 0 saturated heterocycles. The Morgan fingerprint density at radius 2 is 1.89 bits per heavy atom. The molecule has 0 aliphatic heterocycles. The maximum atomic E-state index is 14.8. The molecule has 0 spiro atoms. The first-order valence-corrected chi connectivity index (χ1v) is 13.0. The third kappa shape index (κ3) is 6.75. The summed E-state index contributed by atoms with van der Waals surface area (Å²) >= 11 is 0. The van der Waals surface area contributed by atoms with Crippen molar-refractivity contribution in [2.75, 3.05) is 13.2 Å². The van der Waals surface area contributed by atoms with Gasteiger partial charge in [0.15, 0.2) is 0 Å². The molecule has 2 aromatic carbocycles. The van der Waals surface area contributed by atoms with E-state index in [-0.39, 0.29) is 36.3 Å². The first kappa shape index (κ1) is 27.7. The summed E-state index contributed by atoms with van der Waals surface area (Å²) in [4.78, 5) is 20.0. The minimum atomic E-state index is -0.701. The van der Waals surface area contributed by atoms with Crippen LogP contribution >= 0.6 is 0 Å². The SMILES string of the molecule is CC(C)(C)[C@H](c1nc(-c2cc(F)ccc2F)cn1Cc1ccccc1)N(CCC(N)CF)C(=O)NC1CC1. The predicted molar refractivity (Wildman–Crippen MR) is 142 cm³/mol. The molecule has 6 nitrogen and oxygen atoms in total. The molecule has 1 unspecified atom stereocenters. The minimum absolute atomic E-state index is 0.0409. The summed E-state index contributed by atoms with van der Waals surface area (Å²) in [5, 5.41) is 3.05. The number of imidazole rings is 1. The average Bonchev–Trinajstić information content (AvgIpc) is 3.60. The summed E-state index contributed by atoms with van der Waals surface area (Å²) < 4.78 is 44.0. The lowest BCUT2D eigenvalue weighted by atomic mass is 9.84.